The molecular formula is C18H17F2N5O. The van der Waals surface area contributed by atoms with E-state index in [1.807, 2.05) is 24.0 Å². The number of aromatic nitrogens is 4. The van der Waals surface area contributed by atoms with Gasteiger partial charge in [-0.25, -0.2) is 23.4 Å². The van der Waals surface area contributed by atoms with Crippen LogP contribution in [-0.4, -0.2) is 32.8 Å². The van der Waals surface area contributed by atoms with Gasteiger partial charge in [0.05, 0.1) is 17.8 Å². The van der Waals surface area contributed by atoms with Gasteiger partial charge in [0, 0.05) is 30.5 Å². The van der Waals surface area contributed by atoms with E-state index in [9.17, 15) is 13.6 Å². The largest absolute Gasteiger partial charge is 0.355 e. The zero-order chi connectivity index (χ0) is 18.3. The van der Waals surface area contributed by atoms with Gasteiger partial charge >= 0.3 is 0 Å². The molecule has 3 aromatic rings. The summed E-state index contributed by atoms with van der Waals surface area (Å²) in [5.41, 5.74) is 1.15. The summed E-state index contributed by atoms with van der Waals surface area (Å²) in [7, 11) is 0. The molecule has 1 fully saturated rings. The van der Waals surface area contributed by atoms with Crippen LogP contribution in [0.1, 0.15) is 17.9 Å². The van der Waals surface area contributed by atoms with Crippen molar-refractivity contribution in [3.8, 4) is 0 Å². The van der Waals surface area contributed by atoms with E-state index < -0.39 is 12.2 Å². The molecule has 0 amide bonds. The zero-order valence-electron chi connectivity index (χ0n) is 14.1. The normalized spacial score (nSPS) is 14.8. The maximum absolute atomic E-state index is 13.1. The first-order chi connectivity index (χ1) is 12.5. The fourth-order valence-electron chi connectivity index (χ4n) is 3.20. The lowest BCUT2D eigenvalue weighted by atomic mass is 9.99. The summed E-state index contributed by atoms with van der Waals surface area (Å²) >= 11 is 0. The van der Waals surface area contributed by atoms with Gasteiger partial charge in [-0.1, -0.05) is 12.1 Å². The number of benzene rings is 1. The Kier molecular flexibility index (Phi) is 4.10. The quantitative estimate of drug-likeness (QED) is 0.718. The molecule has 1 aliphatic heterocycles. The highest BCUT2D eigenvalue weighted by Crippen LogP contribution is 2.31. The molecule has 2 aromatic heterocycles. The summed E-state index contributed by atoms with van der Waals surface area (Å²) in [6, 6.07) is 10.3. The van der Waals surface area contributed by atoms with Gasteiger partial charge in [-0.05, 0) is 25.1 Å². The fraction of sp³-hybridized carbons (Fsp3) is 0.333. The predicted molar refractivity (Wildman–Crippen MR) is 93.4 cm³/mol. The highest BCUT2D eigenvalue weighted by molar-refractivity contribution is 5.89. The van der Waals surface area contributed by atoms with E-state index in [1.165, 1.54) is 10.7 Å². The number of alkyl halides is 2. The van der Waals surface area contributed by atoms with Crippen LogP contribution in [0.25, 0.3) is 10.9 Å². The number of hydrogen-bond donors (Lipinski definition) is 0. The van der Waals surface area contributed by atoms with Crippen molar-refractivity contribution < 1.29 is 8.78 Å². The molecule has 4 rings (SSSR count). The van der Waals surface area contributed by atoms with Crippen LogP contribution in [0.4, 0.5) is 14.6 Å². The Balaban J connectivity index is 1.57. The Labute approximate surface area is 148 Å². The molecule has 0 unspecified atom stereocenters. The third kappa shape index (κ3) is 3.02. The molecule has 3 heterocycles. The van der Waals surface area contributed by atoms with Crippen LogP contribution in [0.15, 0.2) is 41.2 Å². The lowest BCUT2D eigenvalue weighted by molar-refractivity contribution is 0.140. The SMILES string of the molecule is Cc1ccc(=O)n(CC2CN(c3nc(C(F)F)nc4ccccc34)C2)n1. The molecule has 134 valence electrons. The summed E-state index contributed by atoms with van der Waals surface area (Å²) in [4.78, 5) is 21.8. The van der Waals surface area contributed by atoms with Crippen molar-refractivity contribution >= 4 is 16.7 Å². The van der Waals surface area contributed by atoms with E-state index in [0.29, 0.717) is 31.0 Å². The highest BCUT2D eigenvalue weighted by Gasteiger charge is 2.31. The number of nitrogens with zero attached hydrogens (tertiary/aromatic N) is 5. The van der Waals surface area contributed by atoms with Crippen LogP contribution in [0.3, 0.4) is 0 Å². The van der Waals surface area contributed by atoms with E-state index in [-0.39, 0.29) is 11.5 Å². The zero-order valence-corrected chi connectivity index (χ0v) is 14.1. The van der Waals surface area contributed by atoms with Gasteiger partial charge in [0.1, 0.15) is 5.82 Å². The minimum Gasteiger partial charge on any atom is -0.355 e. The van der Waals surface area contributed by atoms with Crippen LogP contribution >= 0.6 is 0 Å². The van der Waals surface area contributed by atoms with Gasteiger partial charge in [0.15, 0.2) is 5.82 Å². The van der Waals surface area contributed by atoms with Crippen LogP contribution in [0.5, 0.6) is 0 Å². The second-order valence-corrected chi connectivity index (χ2v) is 6.49. The number of halogens is 2. The van der Waals surface area contributed by atoms with Crippen molar-refractivity contribution in [2.24, 2.45) is 5.92 Å². The van der Waals surface area contributed by atoms with Crippen LogP contribution in [0.2, 0.25) is 0 Å². The molecule has 1 saturated heterocycles. The average molecular weight is 357 g/mol. The van der Waals surface area contributed by atoms with Gasteiger partial charge in [0.25, 0.3) is 12.0 Å². The van der Waals surface area contributed by atoms with Crippen molar-refractivity contribution in [1.29, 1.82) is 0 Å². The number of anilines is 1. The second kappa shape index (κ2) is 6.44. The van der Waals surface area contributed by atoms with E-state index in [2.05, 4.69) is 15.1 Å². The van der Waals surface area contributed by atoms with E-state index >= 15 is 0 Å². The van der Waals surface area contributed by atoms with Gasteiger partial charge in [-0.2, -0.15) is 5.10 Å². The van der Waals surface area contributed by atoms with Gasteiger partial charge in [-0.3, -0.25) is 4.79 Å². The highest BCUT2D eigenvalue weighted by atomic mass is 19.3. The fourth-order valence-corrected chi connectivity index (χ4v) is 3.20. The molecule has 0 atom stereocenters. The number of hydrogen-bond acceptors (Lipinski definition) is 5. The number of fused-ring (bicyclic) bond motifs is 1. The monoisotopic (exact) mass is 357 g/mol. The molecule has 0 bridgehead atoms. The number of para-hydroxylation sites is 1. The lowest BCUT2D eigenvalue weighted by Crippen LogP contribution is -2.50. The third-order valence-corrected chi connectivity index (χ3v) is 4.48. The Morgan fingerprint density at radius 3 is 2.69 bits per heavy atom. The second-order valence-electron chi connectivity index (χ2n) is 6.49. The topological polar surface area (TPSA) is 63.9 Å². The van der Waals surface area contributed by atoms with Crippen LogP contribution in [-0.2, 0) is 6.54 Å². The molecule has 1 aliphatic rings. The predicted octanol–water partition coefficient (Wildman–Crippen LogP) is 2.57. The maximum Gasteiger partial charge on any atom is 0.297 e. The lowest BCUT2D eigenvalue weighted by Gasteiger charge is -2.40. The molecule has 26 heavy (non-hydrogen) atoms. The summed E-state index contributed by atoms with van der Waals surface area (Å²) < 4.78 is 27.7. The van der Waals surface area contributed by atoms with Gasteiger partial charge in [-0.15, -0.1) is 0 Å². The molecule has 6 nitrogen and oxygen atoms in total. The first kappa shape index (κ1) is 16.6. The molecule has 0 radical (unpaired) electrons. The summed E-state index contributed by atoms with van der Waals surface area (Å²) in [5.74, 6) is 0.274. The third-order valence-electron chi connectivity index (χ3n) is 4.48. The van der Waals surface area contributed by atoms with Crippen molar-refractivity contribution in [3.05, 3.63) is 58.3 Å². The maximum atomic E-state index is 13.1. The van der Waals surface area contributed by atoms with Gasteiger partial charge in [0.2, 0.25) is 0 Å². The molecule has 1 aromatic carbocycles. The first-order valence-corrected chi connectivity index (χ1v) is 8.36. The molecule has 0 spiro atoms. The Morgan fingerprint density at radius 2 is 1.92 bits per heavy atom. The minimum atomic E-state index is -2.72. The molecule has 0 saturated carbocycles. The average Bonchev–Trinajstić information content (AvgIpc) is 2.59. The van der Waals surface area contributed by atoms with E-state index in [0.717, 1.165) is 11.1 Å². The standard InChI is InChI=1S/C18H17F2N5O/c1-11-6-7-15(26)25(23-11)10-12-8-24(9-12)18-13-4-2-3-5-14(13)21-17(22-18)16(19)20/h2-7,12,16H,8-10H2,1H3. The summed E-state index contributed by atoms with van der Waals surface area (Å²) in [5, 5.41) is 4.99. The van der Waals surface area contributed by atoms with E-state index in [1.54, 1.807) is 18.2 Å². The van der Waals surface area contributed by atoms with Crippen LogP contribution < -0.4 is 10.5 Å². The first-order valence-electron chi connectivity index (χ1n) is 8.36. The molecule has 0 aliphatic carbocycles. The van der Waals surface area contributed by atoms with Crippen molar-refractivity contribution in [2.45, 2.75) is 19.9 Å². The van der Waals surface area contributed by atoms with E-state index in [4.69, 9.17) is 0 Å². The minimum absolute atomic E-state index is 0.137. The summed E-state index contributed by atoms with van der Waals surface area (Å²) in [6.45, 7) is 3.60. The van der Waals surface area contributed by atoms with Crippen molar-refractivity contribution in [1.82, 2.24) is 19.7 Å². The Bertz CT molecular complexity index is 1010. The summed E-state index contributed by atoms with van der Waals surface area (Å²) in [6.07, 6.45) is -2.72. The van der Waals surface area contributed by atoms with Gasteiger partial charge < -0.3 is 4.90 Å². The number of rotatable bonds is 4. The molecule has 8 heteroatoms. The van der Waals surface area contributed by atoms with Crippen LogP contribution in [0, 0.1) is 12.8 Å². The van der Waals surface area contributed by atoms with Crippen molar-refractivity contribution in [3.63, 3.8) is 0 Å². The molecule has 0 N–H and O–H groups in total. The molecular weight excluding hydrogens is 340 g/mol. The Hall–Kier alpha value is -2.90. The number of aryl methyl sites for hydroxylation is 1. The Morgan fingerprint density at radius 1 is 1.15 bits per heavy atom. The van der Waals surface area contributed by atoms with Crippen molar-refractivity contribution in [2.75, 3.05) is 18.0 Å². The smallest absolute Gasteiger partial charge is 0.297 e.